The van der Waals surface area contributed by atoms with Gasteiger partial charge in [0.2, 0.25) is 0 Å². The summed E-state index contributed by atoms with van der Waals surface area (Å²) in [4.78, 5) is 24.8. The topological polar surface area (TPSA) is 117 Å². The van der Waals surface area contributed by atoms with Crippen LogP contribution < -0.4 is 16.4 Å². The van der Waals surface area contributed by atoms with Gasteiger partial charge in [0.05, 0.1) is 6.61 Å². The fourth-order valence-corrected chi connectivity index (χ4v) is 3.98. The third-order valence-corrected chi connectivity index (χ3v) is 5.56. The number of amides is 1. The van der Waals surface area contributed by atoms with E-state index in [-0.39, 0.29) is 17.8 Å². The molecule has 0 radical (unpaired) electrons. The molecule has 5 N–H and O–H groups in total. The average Bonchev–Trinajstić information content (AvgIpc) is 2.82. The Kier molecular flexibility index (Phi) is 8.02. The number of carbonyl (C=O) groups excluding carboxylic acids is 2. The summed E-state index contributed by atoms with van der Waals surface area (Å²) in [5.74, 6) is -0.607. The molecule has 0 spiro atoms. The van der Waals surface area contributed by atoms with Crippen LogP contribution in [0.4, 0.5) is 5.69 Å². The van der Waals surface area contributed by atoms with Gasteiger partial charge in [-0.2, -0.15) is 0 Å². The second kappa shape index (κ2) is 11.1. The van der Waals surface area contributed by atoms with Crippen LogP contribution in [-0.2, 0) is 14.9 Å². The summed E-state index contributed by atoms with van der Waals surface area (Å²) in [6.07, 6.45) is 7.80. The van der Waals surface area contributed by atoms with Crippen LogP contribution in [0.5, 0.6) is 0 Å². The minimum Gasteiger partial charge on any atom is -0.466 e. The Labute approximate surface area is 194 Å². The van der Waals surface area contributed by atoms with Gasteiger partial charge < -0.3 is 21.1 Å². The molecule has 7 nitrogen and oxygen atoms in total. The van der Waals surface area contributed by atoms with Gasteiger partial charge in [0, 0.05) is 29.6 Å². The Morgan fingerprint density at radius 3 is 2.67 bits per heavy atom. The largest absolute Gasteiger partial charge is 0.466 e. The summed E-state index contributed by atoms with van der Waals surface area (Å²) in [7, 11) is 0. The van der Waals surface area contributed by atoms with Crippen molar-refractivity contribution < 1.29 is 14.3 Å². The van der Waals surface area contributed by atoms with E-state index in [0.29, 0.717) is 43.7 Å². The smallest absolute Gasteiger partial charge is 0.306 e. The molecule has 7 heteroatoms. The highest BCUT2D eigenvalue weighted by molar-refractivity contribution is 5.97. The SMILES string of the molecule is CCOC(=O)CCC1=CC=CC(CNC(=O)c2cccc(NC(=N)N)c2)(c2ccccc2)C1. The summed E-state index contributed by atoms with van der Waals surface area (Å²) in [6.45, 7) is 2.57. The van der Waals surface area contributed by atoms with Crippen molar-refractivity contribution in [1.29, 1.82) is 5.41 Å². The normalized spacial score (nSPS) is 17.1. The summed E-state index contributed by atoms with van der Waals surface area (Å²) in [5, 5.41) is 13.1. The van der Waals surface area contributed by atoms with Gasteiger partial charge in [0.25, 0.3) is 5.91 Å². The lowest BCUT2D eigenvalue weighted by Gasteiger charge is -2.35. The quantitative estimate of drug-likeness (QED) is 0.265. The number of hydrogen-bond acceptors (Lipinski definition) is 4. The summed E-state index contributed by atoms with van der Waals surface area (Å²) in [5.41, 5.74) is 8.25. The highest BCUT2D eigenvalue weighted by Gasteiger charge is 2.32. The molecule has 33 heavy (non-hydrogen) atoms. The minimum atomic E-state index is -0.426. The van der Waals surface area contributed by atoms with Gasteiger partial charge in [-0.25, -0.2) is 0 Å². The van der Waals surface area contributed by atoms with Crippen LogP contribution in [0, 0.1) is 5.41 Å². The Morgan fingerprint density at radius 1 is 1.15 bits per heavy atom. The molecule has 0 aromatic heterocycles. The summed E-state index contributed by atoms with van der Waals surface area (Å²) in [6, 6.07) is 16.9. The molecule has 0 fully saturated rings. The number of hydrogen-bond donors (Lipinski definition) is 4. The van der Waals surface area contributed by atoms with Gasteiger partial charge in [-0.1, -0.05) is 60.2 Å². The molecule has 0 heterocycles. The molecule has 2 aromatic carbocycles. The molecular weight excluding hydrogens is 416 g/mol. The van der Waals surface area contributed by atoms with Crippen LogP contribution in [0.2, 0.25) is 0 Å². The number of carbonyl (C=O) groups is 2. The zero-order valence-electron chi connectivity index (χ0n) is 18.8. The maximum Gasteiger partial charge on any atom is 0.306 e. The van der Waals surface area contributed by atoms with Crippen molar-refractivity contribution in [2.75, 3.05) is 18.5 Å². The number of ether oxygens (including phenoxy) is 1. The summed E-state index contributed by atoms with van der Waals surface area (Å²) < 4.78 is 5.06. The third-order valence-electron chi connectivity index (χ3n) is 5.56. The van der Waals surface area contributed by atoms with Crippen molar-refractivity contribution >= 4 is 23.5 Å². The first-order chi connectivity index (χ1) is 15.9. The molecule has 1 aliphatic rings. The van der Waals surface area contributed by atoms with Crippen LogP contribution in [0.15, 0.2) is 78.4 Å². The second-order valence-electron chi connectivity index (χ2n) is 7.99. The molecule has 1 unspecified atom stereocenters. The van der Waals surface area contributed by atoms with Crippen molar-refractivity contribution in [3.63, 3.8) is 0 Å². The van der Waals surface area contributed by atoms with Crippen LogP contribution >= 0.6 is 0 Å². The van der Waals surface area contributed by atoms with Crippen LogP contribution in [-0.4, -0.2) is 31.0 Å². The fraction of sp³-hybridized carbons (Fsp3) is 0.269. The third kappa shape index (κ3) is 6.55. The number of allylic oxidation sites excluding steroid dienone is 3. The predicted molar refractivity (Wildman–Crippen MR) is 130 cm³/mol. The minimum absolute atomic E-state index is 0.190. The number of rotatable bonds is 9. The van der Waals surface area contributed by atoms with Gasteiger partial charge >= 0.3 is 5.97 Å². The van der Waals surface area contributed by atoms with E-state index in [4.69, 9.17) is 15.9 Å². The lowest BCUT2D eigenvalue weighted by Crippen LogP contribution is -2.40. The van der Waals surface area contributed by atoms with Gasteiger partial charge in [-0.3, -0.25) is 15.0 Å². The number of nitrogens with one attached hydrogen (secondary N) is 3. The first-order valence-corrected chi connectivity index (χ1v) is 11.0. The number of guanidine groups is 1. The molecule has 0 saturated heterocycles. The Morgan fingerprint density at radius 2 is 1.94 bits per heavy atom. The Balaban J connectivity index is 1.75. The molecule has 2 aromatic rings. The number of nitrogens with two attached hydrogens (primary N) is 1. The van der Waals surface area contributed by atoms with Crippen molar-refractivity contribution in [2.45, 2.75) is 31.6 Å². The fourth-order valence-electron chi connectivity index (χ4n) is 3.98. The van der Waals surface area contributed by atoms with E-state index in [1.807, 2.05) is 30.4 Å². The van der Waals surface area contributed by atoms with Crippen molar-refractivity contribution in [3.05, 3.63) is 89.5 Å². The van der Waals surface area contributed by atoms with E-state index in [2.05, 4.69) is 28.8 Å². The molecule has 0 saturated carbocycles. The Bertz CT molecular complexity index is 1060. The van der Waals surface area contributed by atoms with Crippen LogP contribution in [0.1, 0.15) is 42.1 Å². The van der Waals surface area contributed by atoms with Gasteiger partial charge in [-0.05, 0) is 43.5 Å². The molecule has 1 amide bonds. The molecule has 0 aliphatic heterocycles. The lowest BCUT2D eigenvalue weighted by atomic mass is 9.72. The van der Waals surface area contributed by atoms with Crippen molar-refractivity contribution in [2.24, 2.45) is 5.73 Å². The summed E-state index contributed by atoms with van der Waals surface area (Å²) >= 11 is 0. The molecule has 3 rings (SSSR count). The number of esters is 1. The zero-order chi connectivity index (χ0) is 23.7. The first kappa shape index (κ1) is 23.8. The van der Waals surface area contributed by atoms with Gasteiger partial charge in [0.15, 0.2) is 5.96 Å². The molecular formula is C26H30N4O3. The average molecular weight is 447 g/mol. The standard InChI is InChI=1S/C26H30N4O3/c1-2-33-23(31)14-13-19-8-7-15-26(17-19,21-10-4-3-5-11-21)18-29-24(32)20-9-6-12-22(16-20)30-25(27)28/h3-12,15-16H,2,13-14,17-18H2,1H3,(H,29,32)(H4,27,28,30). The maximum absolute atomic E-state index is 12.9. The predicted octanol–water partition coefficient (Wildman–Crippen LogP) is 3.89. The number of anilines is 1. The highest BCUT2D eigenvalue weighted by Crippen LogP contribution is 2.36. The van der Waals surface area contributed by atoms with Crippen molar-refractivity contribution in [1.82, 2.24) is 5.32 Å². The van der Waals surface area contributed by atoms with E-state index >= 15 is 0 Å². The molecule has 1 atom stereocenters. The monoisotopic (exact) mass is 446 g/mol. The van der Waals surface area contributed by atoms with Crippen LogP contribution in [0.3, 0.4) is 0 Å². The molecule has 1 aliphatic carbocycles. The molecule has 172 valence electrons. The van der Waals surface area contributed by atoms with Gasteiger partial charge in [0.1, 0.15) is 0 Å². The van der Waals surface area contributed by atoms with Crippen LogP contribution in [0.25, 0.3) is 0 Å². The first-order valence-electron chi connectivity index (χ1n) is 11.0. The lowest BCUT2D eigenvalue weighted by molar-refractivity contribution is -0.143. The van der Waals surface area contributed by atoms with E-state index < -0.39 is 5.41 Å². The van der Waals surface area contributed by atoms with Crippen molar-refractivity contribution in [3.8, 4) is 0 Å². The van der Waals surface area contributed by atoms with E-state index in [1.165, 1.54) is 0 Å². The van der Waals surface area contributed by atoms with E-state index in [9.17, 15) is 9.59 Å². The maximum atomic E-state index is 12.9. The Hall–Kier alpha value is -3.87. The van der Waals surface area contributed by atoms with Gasteiger partial charge in [-0.15, -0.1) is 0 Å². The molecule has 0 bridgehead atoms. The highest BCUT2D eigenvalue weighted by atomic mass is 16.5. The number of benzene rings is 2. The van der Waals surface area contributed by atoms with E-state index in [1.54, 1.807) is 31.2 Å². The second-order valence-corrected chi connectivity index (χ2v) is 7.99. The zero-order valence-corrected chi connectivity index (χ0v) is 18.8. The van der Waals surface area contributed by atoms with E-state index in [0.717, 1.165) is 11.1 Å².